The summed E-state index contributed by atoms with van der Waals surface area (Å²) in [4.78, 5) is 15.3. The Morgan fingerprint density at radius 2 is 1.60 bits per heavy atom. The average molecular weight is 321 g/mol. The monoisotopic (exact) mass is 322 g/mol. The summed E-state index contributed by atoms with van der Waals surface area (Å²) in [6, 6.07) is 0. The van der Waals surface area contributed by atoms with Gasteiger partial charge in [0.25, 0.3) is 0 Å². The maximum atomic E-state index is 10.9. The molecule has 0 unspecified atom stereocenters. The molecule has 0 N–H and O–H groups in total. The third-order valence-corrected chi connectivity index (χ3v) is 9.40. The van der Waals surface area contributed by atoms with Crippen LogP contribution in [0.2, 0.25) is 14.3 Å². The SMILES string of the molecule is CCCCCCC[CH2][Sn]([CH3])([CH3])[O]C(C)=O. The molecule has 0 atom stereocenters. The van der Waals surface area contributed by atoms with E-state index in [0.717, 1.165) is 0 Å². The standard InChI is InChI=1S/C8H17.C2H4O2.2CH3.Sn/c1-3-5-7-8-6-4-2;1-2(3)4;;;/h1,3-8H2,2H3;1H3,(H,3,4);2*1H3;/q;;;;+1/p-1. The number of hydrogen-bond acceptors (Lipinski definition) is 2. The Kier molecular flexibility index (Phi) is 8.57. The quantitative estimate of drug-likeness (QED) is 0.497. The molecule has 0 aromatic carbocycles. The Hall–Kier alpha value is 0.269. The van der Waals surface area contributed by atoms with Crippen molar-refractivity contribution in [2.75, 3.05) is 0 Å². The van der Waals surface area contributed by atoms with Crippen molar-refractivity contribution in [1.29, 1.82) is 0 Å². The fourth-order valence-corrected chi connectivity index (χ4v) is 7.43. The van der Waals surface area contributed by atoms with Gasteiger partial charge in [0.1, 0.15) is 0 Å². The van der Waals surface area contributed by atoms with Crippen molar-refractivity contribution in [2.45, 2.75) is 66.7 Å². The second-order valence-corrected chi connectivity index (χ2v) is 16.9. The van der Waals surface area contributed by atoms with Gasteiger partial charge in [0.05, 0.1) is 0 Å². The van der Waals surface area contributed by atoms with Crippen molar-refractivity contribution >= 4 is 24.8 Å². The van der Waals surface area contributed by atoms with Gasteiger partial charge in [0, 0.05) is 0 Å². The van der Waals surface area contributed by atoms with E-state index in [9.17, 15) is 4.79 Å². The molecule has 0 aliphatic rings. The zero-order valence-electron chi connectivity index (χ0n) is 10.8. The molecule has 0 fully saturated rings. The predicted molar refractivity (Wildman–Crippen MR) is 67.4 cm³/mol. The molecule has 3 heteroatoms. The number of hydrogen-bond donors (Lipinski definition) is 0. The molecule has 15 heavy (non-hydrogen) atoms. The number of carbonyl (C=O) groups excluding carboxylic acids is 1. The second-order valence-electron chi connectivity index (χ2n) is 4.87. The van der Waals surface area contributed by atoms with Crippen LogP contribution < -0.4 is 0 Å². The first-order valence-corrected chi connectivity index (χ1v) is 15.1. The number of unbranched alkanes of at least 4 members (excludes halogenated alkanes) is 5. The molecule has 0 radical (unpaired) electrons. The summed E-state index contributed by atoms with van der Waals surface area (Å²) in [5, 5.41) is 0. The minimum absolute atomic E-state index is 0.0817. The van der Waals surface area contributed by atoms with E-state index in [2.05, 4.69) is 16.8 Å². The molecule has 2 nitrogen and oxygen atoms in total. The predicted octanol–water partition coefficient (Wildman–Crippen LogP) is 4.12. The molecule has 0 saturated carbocycles. The molecule has 0 bridgehead atoms. The molecule has 0 saturated heterocycles. The van der Waals surface area contributed by atoms with E-state index < -0.39 is 18.8 Å². The Bertz CT molecular complexity index is 178. The van der Waals surface area contributed by atoms with Crippen LogP contribution in [0.3, 0.4) is 0 Å². The molecule has 0 aromatic heterocycles. The molecular weight excluding hydrogens is 295 g/mol. The van der Waals surface area contributed by atoms with E-state index >= 15 is 0 Å². The Labute approximate surface area is 99.2 Å². The Balaban J connectivity index is 3.44. The van der Waals surface area contributed by atoms with Gasteiger partial charge in [-0.3, -0.25) is 0 Å². The molecule has 0 aromatic rings. The van der Waals surface area contributed by atoms with Crippen molar-refractivity contribution in [3.05, 3.63) is 0 Å². The molecule has 0 aliphatic heterocycles. The summed E-state index contributed by atoms with van der Waals surface area (Å²) < 4.78 is 6.62. The van der Waals surface area contributed by atoms with Gasteiger partial charge in [-0.05, 0) is 0 Å². The van der Waals surface area contributed by atoms with Crippen LogP contribution in [0.25, 0.3) is 0 Å². The van der Waals surface area contributed by atoms with Crippen LogP contribution in [-0.4, -0.2) is 24.8 Å². The van der Waals surface area contributed by atoms with Gasteiger partial charge in [-0.15, -0.1) is 0 Å². The first-order valence-electron chi connectivity index (χ1n) is 6.17. The van der Waals surface area contributed by atoms with Crippen LogP contribution in [0.4, 0.5) is 0 Å². The summed E-state index contributed by atoms with van der Waals surface area (Å²) in [5.74, 6) is -0.0817. The first-order chi connectivity index (χ1) is 6.98. The molecule has 0 amide bonds. The van der Waals surface area contributed by atoms with Gasteiger partial charge in [-0.1, -0.05) is 0 Å². The van der Waals surface area contributed by atoms with E-state index in [1.54, 1.807) is 0 Å². The Morgan fingerprint density at radius 3 is 2.13 bits per heavy atom. The van der Waals surface area contributed by atoms with E-state index in [1.807, 2.05) is 0 Å². The first kappa shape index (κ1) is 15.3. The second kappa shape index (κ2) is 8.42. The normalized spacial score (nSPS) is 11.5. The summed E-state index contributed by atoms with van der Waals surface area (Å²) >= 11 is -2.40. The van der Waals surface area contributed by atoms with Crippen LogP contribution in [0.15, 0.2) is 0 Å². The fraction of sp³-hybridized carbons (Fsp3) is 0.917. The zero-order valence-corrected chi connectivity index (χ0v) is 13.6. The molecule has 90 valence electrons. The van der Waals surface area contributed by atoms with Crippen LogP contribution >= 0.6 is 0 Å². The van der Waals surface area contributed by atoms with Crippen LogP contribution in [0.5, 0.6) is 0 Å². The molecule has 0 heterocycles. The van der Waals surface area contributed by atoms with Gasteiger partial charge in [-0.2, -0.15) is 0 Å². The van der Waals surface area contributed by atoms with E-state index in [0.29, 0.717) is 0 Å². The topological polar surface area (TPSA) is 26.3 Å². The van der Waals surface area contributed by atoms with Gasteiger partial charge >= 0.3 is 99.3 Å². The Morgan fingerprint density at radius 1 is 1.07 bits per heavy atom. The van der Waals surface area contributed by atoms with Gasteiger partial charge in [0.2, 0.25) is 0 Å². The van der Waals surface area contributed by atoms with E-state index in [1.165, 1.54) is 49.9 Å². The van der Waals surface area contributed by atoms with Crippen LogP contribution in [0, 0.1) is 0 Å². The van der Waals surface area contributed by atoms with Crippen molar-refractivity contribution in [2.24, 2.45) is 0 Å². The van der Waals surface area contributed by atoms with Crippen LogP contribution in [-0.2, 0) is 7.87 Å². The molecule has 0 spiro atoms. The molecule has 0 rings (SSSR count). The van der Waals surface area contributed by atoms with Crippen molar-refractivity contribution < 1.29 is 7.87 Å². The van der Waals surface area contributed by atoms with Gasteiger partial charge in [0.15, 0.2) is 0 Å². The van der Waals surface area contributed by atoms with Crippen LogP contribution in [0.1, 0.15) is 52.4 Å². The van der Waals surface area contributed by atoms with E-state index in [-0.39, 0.29) is 5.97 Å². The van der Waals surface area contributed by atoms with Crippen molar-refractivity contribution in [3.8, 4) is 0 Å². The van der Waals surface area contributed by atoms with Gasteiger partial charge < -0.3 is 0 Å². The molecule has 0 aliphatic carbocycles. The van der Waals surface area contributed by atoms with Crippen molar-refractivity contribution in [3.63, 3.8) is 0 Å². The number of rotatable bonds is 8. The van der Waals surface area contributed by atoms with E-state index in [4.69, 9.17) is 3.07 Å². The summed E-state index contributed by atoms with van der Waals surface area (Å²) in [6.07, 6.45) is 7.92. The summed E-state index contributed by atoms with van der Waals surface area (Å²) in [6.45, 7) is 3.76. The summed E-state index contributed by atoms with van der Waals surface area (Å²) in [5.41, 5.74) is 0. The van der Waals surface area contributed by atoms with Crippen molar-refractivity contribution in [1.82, 2.24) is 0 Å². The third-order valence-electron chi connectivity index (χ3n) is 2.55. The fourth-order valence-electron chi connectivity index (χ4n) is 1.77. The average Bonchev–Trinajstić information content (AvgIpc) is 2.08. The maximum absolute atomic E-state index is 10.9. The van der Waals surface area contributed by atoms with Gasteiger partial charge in [-0.25, -0.2) is 0 Å². The molecular formula is C12H26O2Sn. The summed E-state index contributed by atoms with van der Waals surface area (Å²) in [7, 11) is 0. The zero-order chi connectivity index (χ0) is 11.7. The minimum atomic E-state index is -2.40. The number of carbonyl (C=O) groups is 1. The third kappa shape index (κ3) is 10.5.